The first kappa shape index (κ1) is 21.7. The highest BCUT2D eigenvalue weighted by molar-refractivity contribution is 5.95. The normalized spacial score (nSPS) is 10.1. The second-order valence-corrected chi connectivity index (χ2v) is 6.15. The monoisotopic (exact) mass is 401 g/mol. The van der Waals surface area contributed by atoms with Gasteiger partial charge in [-0.1, -0.05) is 13.3 Å². The highest BCUT2D eigenvalue weighted by atomic mass is 16.6. The lowest BCUT2D eigenvalue weighted by Crippen LogP contribution is -2.20. The molecule has 9 heteroatoms. The van der Waals surface area contributed by atoms with E-state index < -0.39 is 10.8 Å². The van der Waals surface area contributed by atoms with E-state index in [1.54, 1.807) is 18.2 Å². The average molecular weight is 401 g/mol. The fourth-order valence-corrected chi connectivity index (χ4v) is 2.43. The summed E-state index contributed by atoms with van der Waals surface area (Å²) >= 11 is 0. The zero-order chi connectivity index (χ0) is 21.2. The number of amides is 2. The SMILES string of the molecule is CCCCC(=O)Nc1ccc(NC(=O)COc2ccc([N+](=O)[O-])cc2)cc1OC. The van der Waals surface area contributed by atoms with E-state index in [4.69, 9.17) is 9.47 Å². The maximum absolute atomic E-state index is 12.1. The van der Waals surface area contributed by atoms with Gasteiger partial charge in [-0.25, -0.2) is 0 Å². The van der Waals surface area contributed by atoms with Crippen molar-refractivity contribution >= 4 is 28.9 Å². The third kappa shape index (κ3) is 6.80. The Morgan fingerprint density at radius 2 is 1.79 bits per heavy atom. The number of anilines is 2. The van der Waals surface area contributed by atoms with Gasteiger partial charge in [0, 0.05) is 30.3 Å². The smallest absolute Gasteiger partial charge is 0.269 e. The topological polar surface area (TPSA) is 120 Å². The number of carbonyl (C=O) groups excluding carboxylic acids is 2. The lowest BCUT2D eigenvalue weighted by atomic mass is 10.2. The number of nitrogens with zero attached hydrogens (tertiary/aromatic N) is 1. The summed E-state index contributed by atoms with van der Waals surface area (Å²) in [7, 11) is 1.47. The first-order chi connectivity index (χ1) is 13.9. The predicted octanol–water partition coefficient (Wildman–Crippen LogP) is 3.75. The minimum atomic E-state index is -0.514. The second kappa shape index (κ2) is 10.6. The molecule has 0 aliphatic carbocycles. The summed E-state index contributed by atoms with van der Waals surface area (Å²) in [6, 6.07) is 10.3. The quantitative estimate of drug-likeness (QED) is 0.462. The van der Waals surface area contributed by atoms with Crippen LogP contribution in [0.25, 0.3) is 0 Å². The van der Waals surface area contributed by atoms with E-state index in [1.807, 2.05) is 6.92 Å². The van der Waals surface area contributed by atoms with Gasteiger partial charge in [-0.3, -0.25) is 19.7 Å². The third-order valence-corrected chi connectivity index (χ3v) is 3.93. The maximum atomic E-state index is 12.1. The molecule has 0 saturated heterocycles. The molecule has 0 atom stereocenters. The molecule has 154 valence electrons. The number of ether oxygens (including phenoxy) is 2. The number of carbonyl (C=O) groups is 2. The van der Waals surface area contributed by atoms with E-state index in [-0.39, 0.29) is 18.2 Å². The minimum absolute atomic E-state index is 0.0595. The molecule has 2 N–H and O–H groups in total. The summed E-state index contributed by atoms with van der Waals surface area (Å²) in [5.74, 6) is 0.251. The molecule has 2 rings (SSSR count). The number of hydrogen-bond acceptors (Lipinski definition) is 6. The Balaban J connectivity index is 1.92. The van der Waals surface area contributed by atoms with E-state index in [0.717, 1.165) is 12.8 Å². The molecule has 0 saturated carbocycles. The Hall–Kier alpha value is -3.62. The van der Waals surface area contributed by atoms with E-state index in [9.17, 15) is 19.7 Å². The fourth-order valence-electron chi connectivity index (χ4n) is 2.43. The summed E-state index contributed by atoms with van der Waals surface area (Å²) in [4.78, 5) is 34.1. The molecule has 0 aromatic heterocycles. The van der Waals surface area contributed by atoms with Crippen LogP contribution in [0.3, 0.4) is 0 Å². The van der Waals surface area contributed by atoms with Gasteiger partial charge in [-0.05, 0) is 30.7 Å². The maximum Gasteiger partial charge on any atom is 0.269 e. The Labute approximate surface area is 168 Å². The molecule has 0 aliphatic rings. The number of nitro benzene ring substituents is 1. The summed E-state index contributed by atoms with van der Waals surface area (Å²) in [5.41, 5.74) is 0.940. The van der Waals surface area contributed by atoms with Crippen LogP contribution in [-0.2, 0) is 9.59 Å². The van der Waals surface area contributed by atoms with Gasteiger partial charge in [0.05, 0.1) is 17.7 Å². The van der Waals surface area contributed by atoms with Crippen LogP contribution in [-0.4, -0.2) is 30.5 Å². The van der Waals surface area contributed by atoms with Gasteiger partial charge < -0.3 is 20.1 Å². The zero-order valence-electron chi connectivity index (χ0n) is 16.3. The van der Waals surface area contributed by atoms with E-state index in [2.05, 4.69) is 10.6 Å². The number of benzene rings is 2. The Bertz CT molecular complexity index is 867. The second-order valence-electron chi connectivity index (χ2n) is 6.15. The van der Waals surface area contributed by atoms with Crippen LogP contribution in [0.5, 0.6) is 11.5 Å². The summed E-state index contributed by atoms with van der Waals surface area (Å²) in [5, 5.41) is 16.1. The molecule has 0 aliphatic heterocycles. The molecule has 9 nitrogen and oxygen atoms in total. The highest BCUT2D eigenvalue weighted by Crippen LogP contribution is 2.28. The number of nitrogens with one attached hydrogen (secondary N) is 2. The third-order valence-electron chi connectivity index (χ3n) is 3.93. The molecule has 0 unspecified atom stereocenters. The van der Waals surface area contributed by atoms with Gasteiger partial charge in [0.1, 0.15) is 11.5 Å². The Morgan fingerprint density at radius 1 is 1.07 bits per heavy atom. The molecule has 2 amide bonds. The zero-order valence-corrected chi connectivity index (χ0v) is 16.3. The highest BCUT2D eigenvalue weighted by Gasteiger charge is 2.11. The Kier molecular flexibility index (Phi) is 7.96. The van der Waals surface area contributed by atoms with Crippen molar-refractivity contribution in [1.29, 1.82) is 0 Å². The number of methoxy groups -OCH3 is 1. The fraction of sp³-hybridized carbons (Fsp3) is 0.300. The molecule has 0 bridgehead atoms. The number of rotatable bonds is 10. The number of hydrogen-bond donors (Lipinski definition) is 2. The van der Waals surface area contributed by atoms with E-state index >= 15 is 0 Å². The number of unbranched alkanes of at least 4 members (excludes halogenated alkanes) is 1. The van der Waals surface area contributed by atoms with Gasteiger partial charge in [-0.2, -0.15) is 0 Å². The van der Waals surface area contributed by atoms with Crippen LogP contribution in [0.4, 0.5) is 17.1 Å². The van der Waals surface area contributed by atoms with Crippen LogP contribution in [0.2, 0.25) is 0 Å². The van der Waals surface area contributed by atoms with Crippen molar-refractivity contribution < 1.29 is 24.0 Å². The largest absolute Gasteiger partial charge is 0.494 e. The van der Waals surface area contributed by atoms with Crippen molar-refractivity contribution in [3.05, 3.63) is 52.6 Å². The van der Waals surface area contributed by atoms with Crippen molar-refractivity contribution in [2.24, 2.45) is 0 Å². The van der Waals surface area contributed by atoms with Crippen molar-refractivity contribution in [3.8, 4) is 11.5 Å². The van der Waals surface area contributed by atoms with Crippen LogP contribution >= 0.6 is 0 Å². The van der Waals surface area contributed by atoms with Crippen molar-refractivity contribution in [2.45, 2.75) is 26.2 Å². The molecule has 0 spiro atoms. The Morgan fingerprint density at radius 3 is 2.41 bits per heavy atom. The molecule has 2 aromatic rings. The molecule has 29 heavy (non-hydrogen) atoms. The molecule has 0 heterocycles. The lowest BCUT2D eigenvalue weighted by molar-refractivity contribution is -0.384. The van der Waals surface area contributed by atoms with Crippen molar-refractivity contribution in [2.75, 3.05) is 24.4 Å². The van der Waals surface area contributed by atoms with Crippen LogP contribution < -0.4 is 20.1 Å². The van der Waals surface area contributed by atoms with E-state index in [0.29, 0.717) is 29.3 Å². The van der Waals surface area contributed by atoms with Gasteiger partial charge in [-0.15, -0.1) is 0 Å². The minimum Gasteiger partial charge on any atom is -0.494 e. The number of nitro groups is 1. The molecular weight excluding hydrogens is 378 g/mol. The first-order valence-electron chi connectivity index (χ1n) is 9.08. The lowest BCUT2D eigenvalue weighted by Gasteiger charge is -2.13. The predicted molar refractivity (Wildman–Crippen MR) is 108 cm³/mol. The van der Waals surface area contributed by atoms with Gasteiger partial charge >= 0.3 is 0 Å². The van der Waals surface area contributed by atoms with Crippen LogP contribution in [0.15, 0.2) is 42.5 Å². The van der Waals surface area contributed by atoms with Gasteiger partial charge in [0.2, 0.25) is 5.91 Å². The molecular formula is C20H23N3O6. The van der Waals surface area contributed by atoms with Gasteiger partial charge in [0.25, 0.3) is 11.6 Å². The van der Waals surface area contributed by atoms with Gasteiger partial charge in [0.15, 0.2) is 6.61 Å². The molecule has 0 radical (unpaired) electrons. The average Bonchev–Trinajstić information content (AvgIpc) is 2.72. The van der Waals surface area contributed by atoms with Crippen molar-refractivity contribution in [1.82, 2.24) is 0 Å². The van der Waals surface area contributed by atoms with Crippen LogP contribution in [0.1, 0.15) is 26.2 Å². The molecule has 0 fully saturated rings. The summed E-state index contributed by atoms with van der Waals surface area (Å²) in [6.45, 7) is 1.74. The van der Waals surface area contributed by atoms with E-state index in [1.165, 1.54) is 31.4 Å². The molecule has 2 aromatic carbocycles. The first-order valence-corrected chi connectivity index (χ1v) is 9.08. The standard InChI is InChI=1S/C20H23N3O6/c1-3-4-5-19(24)22-17-11-6-14(12-18(17)28-2)21-20(25)13-29-16-9-7-15(8-10-16)23(26)27/h6-12H,3-5,13H2,1-2H3,(H,21,25)(H,22,24). The number of non-ortho nitro benzene ring substituents is 1. The van der Waals surface area contributed by atoms with Crippen LogP contribution in [0, 0.1) is 10.1 Å². The summed E-state index contributed by atoms with van der Waals surface area (Å²) in [6.07, 6.45) is 2.16. The van der Waals surface area contributed by atoms with Crippen molar-refractivity contribution in [3.63, 3.8) is 0 Å². The summed E-state index contributed by atoms with van der Waals surface area (Å²) < 4.78 is 10.6.